The molecule has 2 aliphatic rings. The van der Waals surface area contributed by atoms with E-state index in [1.807, 2.05) is 12.3 Å². The van der Waals surface area contributed by atoms with E-state index in [0.29, 0.717) is 42.4 Å². The summed E-state index contributed by atoms with van der Waals surface area (Å²) in [5, 5.41) is 16.4. The van der Waals surface area contributed by atoms with Crippen molar-refractivity contribution in [1.29, 1.82) is 5.41 Å². The van der Waals surface area contributed by atoms with Gasteiger partial charge in [-0.3, -0.25) is 0 Å². The van der Waals surface area contributed by atoms with E-state index in [2.05, 4.69) is 58.4 Å². The molecule has 5 rings (SSSR count). The lowest BCUT2D eigenvalue weighted by Gasteiger charge is -2.48. The van der Waals surface area contributed by atoms with Crippen LogP contribution in [-0.2, 0) is 9.84 Å². The average Bonchev–Trinajstić information content (AvgIpc) is 3.39. The number of aromatic nitrogens is 3. The van der Waals surface area contributed by atoms with Gasteiger partial charge in [0.15, 0.2) is 5.82 Å². The Balaban J connectivity index is 1.44. The highest BCUT2D eigenvalue weighted by atomic mass is 32.2. The van der Waals surface area contributed by atoms with Crippen LogP contribution in [0.1, 0.15) is 50.9 Å². The van der Waals surface area contributed by atoms with Crippen LogP contribution in [0.4, 0.5) is 21.7 Å². The summed E-state index contributed by atoms with van der Waals surface area (Å²) in [5.41, 5.74) is 3.58. The Kier molecular flexibility index (Phi) is 7.76. The van der Waals surface area contributed by atoms with Crippen LogP contribution in [0, 0.1) is 11.3 Å². The number of benzene rings is 1. The van der Waals surface area contributed by atoms with Crippen molar-refractivity contribution in [3.63, 3.8) is 0 Å². The number of pyridine rings is 1. The minimum atomic E-state index is -3.03. The lowest BCUT2D eigenvalue weighted by molar-refractivity contribution is 0.342. The van der Waals surface area contributed by atoms with Gasteiger partial charge in [0.1, 0.15) is 28.1 Å². The lowest BCUT2D eigenvalue weighted by Crippen LogP contribution is -2.57. The van der Waals surface area contributed by atoms with Crippen molar-refractivity contribution < 1.29 is 12.8 Å². The molecule has 9 nitrogen and oxygen atoms in total. The van der Waals surface area contributed by atoms with Gasteiger partial charge in [-0.15, -0.1) is 0 Å². The summed E-state index contributed by atoms with van der Waals surface area (Å²) >= 11 is 0. The van der Waals surface area contributed by atoms with Crippen molar-refractivity contribution in [3.05, 3.63) is 53.7 Å². The van der Waals surface area contributed by atoms with Gasteiger partial charge in [0.05, 0.1) is 17.4 Å². The van der Waals surface area contributed by atoms with E-state index in [1.54, 1.807) is 12.3 Å². The normalized spacial score (nSPS) is 22.2. The number of nitrogens with one attached hydrogen (secondary N) is 3. The van der Waals surface area contributed by atoms with E-state index >= 15 is 0 Å². The molecule has 2 aliphatic heterocycles. The second-order valence-electron chi connectivity index (χ2n) is 11.2. The fourth-order valence-electron chi connectivity index (χ4n) is 5.67. The van der Waals surface area contributed by atoms with Gasteiger partial charge in [0.25, 0.3) is 0 Å². The number of anilines is 3. The molecule has 11 heteroatoms. The van der Waals surface area contributed by atoms with Crippen LogP contribution >= 0.6 is 0 Å². The van der Waals surface area contributed by atoms with Gasteiger partial charge in [-0.05, 0) is 54.8 Å². The summed E-state index contributed by atoms with van der Waals surface area (Å²) < 4.78 is 36.8. The first-order valence-electron chi connectivity index (χ1n) is 13.6. The van der Waals surface area contributed by atoms with E-state index in [0.717, 1.165) is 22.2 Å². The predicted molar refractivity (Wildman–Crippen MR) is 159 cm³/mol. The summed E-state index contributed by atoms with van der Waals surface area (Å²) in [5.74, 6) is 2.16. The first-order chi connectivity index (χ1) is 19.1. The zero-order chi connectivity index (χ0) is 28.6. The first kappa shape index (κ1) is 27.9. The summed E-state index contributed by atoms with van der Waals surface area (Å²) in [6.07, 6.45) is 7.33. The standard InChI is InChI=1S/C29H36FN7O2S/c1-17(2)21-6-8-26(37-15-19(18(37)3)16-40(4,38)39)24-14-33-28(11-22(21)24)35-27-9-10-32-29(36-27)23(13-31)25-7-5-20(12-30)34-25/h6,8-11,13-14,17-20,31,34H,5,7,12,15-16H2,1-4H3,(H,32,33,35,36)/b25-23+,31-13?/t18-,19-,20+/m1/s1. The number of nitrogens with zero attached hydrogens (tertiary/aromatic N) is 4. The lowest BCUT2D eigenvalue weighted by atomic mass is 9.88. The second-order valence-corrected chi connectivity index (χ2v) is 13.3. The third-order valence-electron chi connectivity index (χ3n) is 7.89. The SMILES string of the molecule is CC(C)c1ccc(N2C[C@H](CS(C)(=O)=O)[C@H]2C)c2cnc(Nc3ccnc(/C(C=N)=C4\CC[C@@H](CF)N4)n3)cc12. The maximum atomic E-state index is 13.1. The molecule has 2 fully saturated rings. The second kappa shape index (κ2) is 11.1. The summed E-state index contributed by atoms with van der Waals surface area (Å²) in [7, 11) is -3.03. The fourth-order valence-corrected chi connectivity index (χ4v) is 6.83. The predicted octanol–water partition coefficient (Wildman–Crippen LogP) is 4.84. The van der Waals surface area contributed by atoms with Gasteiger partial charge in [0, 0.05) is 60.1 Å². The molecule has 0 bridgehead atoms. The molecule has 0 aliphatic carbocycles. The van der Waals surface area contributed by atoms with Crippen molar-refractivity contribution in [1.82, 2.24) is 20.3 Å². The molecular formula is C29H36FN7O2S. The summed E-state index contributed by atoms with van der Waals surface area (Å²) in [6.45, 7) is 6.63. The van der Waals surface area contributed by atoms with Crippen molar-refractivity contribution in [2.45, 2.75) is 51.6 Å². The van der Waals surface area contributed by atoms with Crippen LogP contribution in [0.3, 0.4) is 0 Å². The highest BCUT2D eigenvalue weighted by molar-refractivity contribution is 7.90. The largest absolute Gasteiger partial charge is 0.382 e. The molecule has 0 saturated carbocycles. The maximum Gasteiger partial charge on any atom is 0.164 e. The highest BCUT2D eigenvalue weighted by Crippen LogP contribution is 2.39. The van der Waals surface area contributed by atoms with E-state index in [1.165, 1.54) is 18.0 Å². The number of halogens is 1. The Morgan fingerprint density at radius 3 is 2.70 bits per heavy atom. The topological polar surface area (TPSA) is 124 Å². The number of hydrogen-bond donors (Lipinski definition) is 3. The Bertz CT molecular complexity index is 1570. The molecule has 4 heterocycles. The minimum Gasteiger partial charge on any atom is -0.382 e. The van der Waals surface area contributed by atoms with Crippen molar-refractivity contribution >= 4 is 49.7 Å². The molecular weight excluding hydrogens is 529 g/mol. The van der Waals surface area contributed by atoms with Gasteiger partial charge in [-0.1, -0.05) is 19.9 Å². The third kappa shape index (κ3) is 5.65. The fraction of sp³-hybridized carbons (Fsp3) is 0.448. The molecule has 1 aromatic carbocycles. The Hall–Kier alpha value is -3.60. The van der Waals surface area contributed by atoms with Crippen molar-refractivity contribution in [3.8, 4) is 0 Å². The Morgan fingerprint density at radius 1 is 1.25 bits per heavy atom. The highest BCUT2D eigenvalue weighted by Gasteiger charge is 2.38. The molecule has 40 heavy (non-hydrogen) atoms. The summed E-state index contributed by atoms with van der Waals surface area (Å²) in [6, 6.07) is 7.91. The number of fused-ring (bicyclic) bond motifs is 1. The van der Waals surface area contributed by atoms with Crippen molar-refractivity contribution in [2.24, 2.45) is 5.92 Å². The zero-order valence-electron chi connectivity index (χ0n) is 23.3. The average molecular weight is 566 g/mol. The Morgan fingerprint density at radius 2 is 2.05 bits per heavy atom. The molecule has 0 amide bonds. The van der Waals surface area contributed by atoms with Gasteiger partial charge >= 0.3 is 0 Å². The molecule has 0 spiro atoms. The molecule has 2 aromatic heterocycles. The van der Waals surface area contributed by atoms with E-state index < -0.39 is 16.5 Å². The number of alkyl halides is 1. The first-order valence-corrected chi connectivity index (χ1v) is 15.7. The number of sulfone groups is 1. The van der Waals surface area contributed by atoms with Gasteiger partial charge in [0.2, 0.25) is 0 Å². The Labute approximate surface area is 234 Å². The monoisotopic (exact) mass is 565 g/mol. The molecule has 212 valence electrons. The smallest absolute Gasteiger partial charge is 0.164 e. The number of allylic oxidation sites excluding steroid dienone is 2. The number of rotatable bonds is 9. The number of hydrogen-bond acceptors (Lipinski definition) is 9. The van der Waals surface area contributed by atoms with Crippen LogP contribution in [0.15, 0.2) is 42.4 Å². The van der Waals surface area contributed by atoms with Crippen LogP contribution in [0.25, 0.3) is 16.3 Å². The molecule has 3 N–H and O–H groups in total. The third-order valence-corrected chi connectivity index (χ3v) is 8.93. The molecule has 0 radical (unpaired) electrons. The van der Waals surface area contributed by atoms with E-state index in [-0.39, 0.29) is 29.7 Å². The van der Waals surface area contributed by atoms with Crippen LogP contribution < -0.4 is 15.5 Å². The van der Waals surface area contributed by atoms with Gasteiger partial charge < -0.3 is 20.9 Å². The van der Waals surface area contributed by atoms with Gasteiger partial charge in [-0.2, -0.15) is 0 Å². The molecule has 0 unspecified atom stereocenters. The van der Waals surface area contributed by atoms with E-state index in [9.17, 15) is 12.8 Å². The van der Waals surface area contributed by atoms with E-state index in [4.69, 9.17) is 10.4 Å². The minimum absolute atomic E-state index is 0.110. The van der Waals surface area contributed by atoms with Crippen molar-refractivity contribution in [2.75, 3.05) is 35.4 Å². The molecule has 3 atom stereocenters. The molecule has 2 saturated heterocycles. The maximum absolute atomic E-state index is 13.1. The molecule has 3 aromatic rings. The van der Waals surface area contributed by atoms with Crippen LogP contribution in [0.5, 0.6) is 0 Å². The van der Waals surface area contributed by atoms with Crippen LogP contribution in [0.2, 0.25) is 0 Å². The quantitative estimate of drug-likeness (QED) is 0.315. The van der Waals surface area contributed by atoms with Crippen LogP contribution in [-0.4, -0.2) is 66.9 Å². The van der Waals surface area contributed by atoms with Gasteiger partial charge in [-0.25, -0.2) is 27.8 Å². The zero-order valence-corrected chi connectivity index (χ0v) is 24.1. The summed E-state index contributed by atoms with van der Waals surface area (Å²) in [4.78, 5) is 15.9.